The quantitative estimate of drug-likeness (QED) is 0.478. The lowest BCUT2D eigenvalue weighted by Gasteiger charge is -2.18. The van der Waals surface area contributed by atoms with Gasteiger partial charge < -0.3 is 9.47 Å². The third-order valence-corrected chi connectivity index (χ3v) is 5.10. The zero-order valence-corrected chi connectivity index (χ0v) is 16.5. The number of hydrogen-bond acceptors (Lipinski definition) is 9. The van der Waals surface area contributed by atoms with E-state index in [9.17, 15) is 9.59 Å². The van der Waals surface area contributed by atoms with Crippen molar-refractivity contribution in [3.63, 3.8) is 0 Å². The summed E-state index contributed by atoms with van der Waals surface area (Å²) >= 11 is 1.46. The predicted octanol–water partition coefficient (Wildman–Crippen LogP) is 1.10. The first-order chi connectivity index (χ1) is 14.6. The number of nitrogens with zero attached hydrogens (tertiary/aromatic N) is 6. The van der Waals surface area contributed by atoms with Crippen LogP contribution in [-0.2, 0) is 0 Å². The minimum absolute atomic E-state index is 0.0606. The standard InChI is InChI=1S/C18H15N7O4S/c1-2-30-18-19-17-21-20-14-11(25(17)23-18)5-6-24(16(14)27)22-15(26)10-3-4-12-13(9-10)29-8-7-28-12/h3-6,9H,2,7-8H2,1H3,(H,22,26). The molecule has 0 radical (unpaired) electrons. The molecular weight excluding hydrogens is 410 g/mol. The fourth-order valence-corrected chi connectivity index (χ4v) is 3.57. The van der Waals surface area contributed by atoms with E-state index >= 15 is 0 Å². The highest BCUT2D eigenvalue weighted by Crippen LogP contribution is 2.30. The molecule has 152 valence electrons. The minimum Gasteiger partial charge on any atom is -0.486 e. The number of thioether (sulfide) groups is 1. The molecule has 5 rings (SSSR count). The minimum atomic E-state index is -0.534. The number of amides is 1. The van der Waals surface area contributed by atoms with Crippen LogP contribution in [0, 0.1) is 0 Å². The van der Waals surface area contributed by atoms with E-state index in [-0.39, 0.29) is 5.52 Å². The molecule has 1 amide bonds. The van der Waals surface area contributed by atoms with Crippen LogP contribution >= 0.6 is 11.8 Å². The van der Waals surface area contributed by atoms with Gasteiger partial charge in [-0.25, -0.2) is 4.68 Å². The van der Waals surface area contributed by atoms with E-state index in [4.69, 9.17) is 9.47 Å². The molecule has 0 bridgehead atoms. The Hall–Kier alpha value is -3.67. The van der Waals surface area contributed by atoms with Crippen LogP contribution in [0.3, 0.4) is 0 Å². The maximum absolute atomic E-state index is 12.8. The second kappa shape index (κ2) is 7.30. The number of nitrogens with one attached hydrogen (secondary N) is 1. The molecule has 0 unspecified atom stereocenters. The summed E-state index contributed by atoms with van der Waals surface area (Å²) in [6.45, 7) is 2.86. The number of hydrogen-bond donors (Lipinski definition) is 1. The lowest BCUT2D eigenvalue weighted by atomic mass is 10.2. The molecule has 30 heavy (non-hydrogen) atoms. The summed E-state index contributed by atoms with van der Waals surface area (Å²) in [4.78, 5) is 29.7. The van der Waals surface area contributed by atoms with Crippen LogP contribution < -0.4 is 20.5 Å². The molecule has 0 atom stereocenters. The maximum Gasteiger partial charge on any atom is 0.299 e. The van der Waals surface area contributed by atoms with Gasteiger partial charge in [0.15, 0.2) is 17.0 Å². The number of rotatable bonds is 4. The highest BCUT2D eigenvalue weighted by Gasteiger charge is 2.17. The molecule has 11 nitrogen and oxygen atoms in total. The van der Waals surface area contributed by atoms with E-state index in [0.717, 1.165) is 10.4 Å². The Morgan fingerprint density at radius 2 is 2.03 bits per heavy atom. The molecule has 1 aliphatic heterocycles. The highest BCUT2D eigenvalue weighted by atomic mass is 32.2. The third kappa shape index (κ3) is 3.10. The number of benzene rings is 1. The van der Waals surface area contributed by atoms with Crippen LogP contribution in [0.25, 0.3) is 16.8 Å². The molecule has 4 aromatic rings. The molecular formula is C18H15N7O4S. The number of ether oxygens (including phenoxy) is 2. The summed E-state index contributed by atoms with van der Waals surface area (Å²) in [5.41, 5.74) is 2.85. The molecule has 4 heterocycles. The monoisotopic (exact) mass is 425 g/mol. The summed E-state index contributed by atoms with van der Waals surface area (Å²) < 4.78 is 13.5. The Bertz CT molecular complexity index is 1350. The zero-order valence-electron chi connectivity index (χ0n) is 15.7. The second-order valence-corrected chi connectivity index (χ2v) is 7.49. The third-order valence-electron chi connectivity index (χ3n) is 4.38. The lowest BCUT2D eigenvalue weighted by Crippen LogP contribution is -2.33. The molecule has 1 N–H and O–H groups in total. The summed E-state index contributed by atoms with van der Waals surface area (Å²) in [6, 6.07) is 6.45. The van der Waals surface area contributed by atoms with Crippen LogP contribution in [0.5, 0.6) is 11.5 Å². The largest absolute Gasteiger partial charge is 0.486 e. The molecule has 0 fully saturated rings. The molecule has 12 heteroatoms. The normalized spacial score (nSPS) is 13.0. The van der Waals surface area contributed by atoms with Crippen molar-refractivity contribution in [2.24, 2.45) is 0 Å². The molecule has 0 aliphatic carbocycles. The average molecular weight is 425 g/mol. The van der Waals surface area contributed by atoms with Gasteiger partial charge in [0, 0.05) is 11.8 Å². The Morgan fingerprint density at radius 1 is 1.20 bits per heavy atom. The topological polar surface area (TPSA) is 126 Å². The number of carbonyl (C=O) groups excluding carboxylic acids is 1. The van der Waals surface area contributed by atoms with Gasteiger partial charge in [-0.3, -0.25) is 15.0 Å². The van der Waals surface area contributed by atoms with Crippen molar-refractivity contribution in [1.29, 1.82) is 0 Å². The molecule has 1 aromatic carbocycles. The molecule has 3 aromatic heterocycles. The predicted molar refractivity (Wildman–Crippen MR) is 108 cm³/mol. The fourth-order valence-electron chi connectivity index (χ4n) is 3.02. The van der Waals surface area contributed by atoms with Crippen LogP contribution in [0.4, 0.5) is 0 Å². The van der Waals surface area contributed by atoms with Crippen LogP contribution in [-0.4, -0.2) is 54.3 Å². The van der Waals surface area contributed by atoms with Gasteiger partial charge in [-0.05, 0) is 30.0 Å². The van der Waals surface area contributed by atoms with Crippen molar-refractivity contribution in [2.45, 2.75) is 12.1 Å². The van der Waals surface area contributed by atoms with Gasteiger partial charge in [0.05, 0.1) is 0 Å². The molecule has 0 spiro atoms. The van der Waals surface area contributed by atoms with Gasteiger partial charge >= 0.3 is 0 Å². The van der Waals surface area contributed by atoms with Crippen molar-refractivity contribution in [2.75, 3.05) is 24.4 Å². The smallest absolute Gasteiger partial charge is 0.299 e. The SMILES string of the molecule is CCSc1nc2nnc3c(=O)n(NC(=O)c4ccc5c(c4)OCCO5)ccc3n2n1. The van der Waals surface area contributed by atoms with Crippen LogP contribution in [0.2, 0.25) is 0 Å². The first-order valence-electron chi connectivity index (χ1n) is 9.12. The summed E-state index contributed by atoms with van der Waals surface area (Å²) in [7, 11) is 0. The van der Waals surface area contributed by atoms with Crippen molar-refractivity contribution in [3.05, 3.63) is 46.4 Å². The van der Waals surface area contributed by atoms with Crippen molar-refractivity contribution in [3.8, 4) is 11.5 Å². The van der Waals surface area contributed by atoms with Gasteiger partial charge in [-0.2, -0.15) is 9.50 Å². The number of carbonyl (C=O) groups is 1. The van der Waals surface area contributed by atoms with Crippen LogP contribution in [0.15, 0.2) is 40.4 Å². The summed E-state index contributed by atoms with van der Waals surface area (Å²) in [5, 5.41) is 12.9. The van der Waals surface area contributed by atoms with E-state index in [1.807, 2.05) is 6.92 Å². The van der Waals surface area contributed by atoms with Crippen LogP contribution in [0.1, 0.15) is 17.3 Å². The molecule has 0 saturated carbocycles. The zero-order chi connectivity index (χ0) is 20.7. The second-order valence-electron chi connectivity index (χ2n) is 6.26. The van der Waals surface area contributed by atoms with Crippen molar-refractivity contribution in [1.82, 2.24) is 29.5 Å². The van der Waals surface area contributed by atoms with Gasteiger partial charge in [0.1, 0.15) is 18.7 Å². The van der Waals surface area contributed by atoms with E-state index in [1.165, 1.54) is 22.5 Å². The lowest BCUT2D eigenvalue weighted by molar-refractivity contribution is 0.101. The molecule has 1 aliphatic rings. The van der Waals surface area contributed by atoms with E-state index < -0.39 is 11.5 Å². The van der Waals surface area contributed by atoms with Gasteiger partial charge in [0.2, 0.25) is 5.16 Å². The average Bonchev–Trinajstić information content (AvgIpc) is 3.18. The highest BCUT2D eigenvalue weighted by molar-refractivity contribution is 7.99. The maximum atomic E-state index is 12.8. The Balaban J connectivity index is 1.48. The van der Waals surface area contributed by atoms with E-state index in [0.29, 0.717) is 46.7 Å². The number of pyridine rings is 1. The Labute approximate surface area is 173 Å². The number of aromatic nitrogens is 6. The van der Waals surface area contributed by atoms with Gasteiger partial charge in [-0.1, -0.05) is 18.7 Å². The van der Waals surface area contributed by atoms with Gasteiger partial charge in [-0.15, -0.1) is 15.3 Å². The first kappa shape index (κ1) is 18.4. The molecule has 0 saturated heterocycles. The Kier molecular flexibility index (Phi) is 4.47. The first-order valence-corrected chi connectivity index (χ1v) is 10.1. The van der Waals surface area contributed by atoms with E-state index in [1.54, 1.807) is 24.3 Å². The van der Waals surface area contributed by atoms with Crippen molar-refractivity contribution >= 4 is 34.5 Å². The van der Waals surface area contributed by atoms with Crippen molar-refractivity contribution < 1.29 is 14.3 Å². The summed E-state index contributed by atoms with van der Waals surface area (Å²) in [5.74, 6) is 1.69. The number of fused-ring (bicyclic) bond motifs is 4. The van der Waals surface area contributed by atoms with Gasteiger partial charge in [0.25, 0.3) is 17.2 Å². The summed E-state index contributed by atoms with van der Waals surface area (Å²) in [6.07, 6.45) is 1.44. The van der Waals surface area contributed by atoms with E-state index in [2.05, 4.69) is 25.7 Å². The Morgan fingerprint density at radius 3 is 2.87 bits per heavy atom. The fraction of sp³-hybridized carbons (Fsp3) is 0.222.